The van der Waals surface area contributed by atoms with Gasteiger partial charge in [0.2, 0.25) is 0 Å². The van der Waals surface area contributed by atoms with Crippen molar-refractivity contribution >= 4 is 36.0 Å². The molecule has 0 aliphatic heterocycles. The van der Waals surface area contributed by atoms with E-state index in [0.717, 1.165) is 6.42 Å². The molecule has 0 amide bonds. The summed E-state index contributed by atoms with van der Waals surface area (Å²) in [5.41, 5.74) is 4.45. The first-order valence-corrected chi connectivity index (χ1v) is 18.3. The minimum absolute atomic E-state index is 0.195. The van der Waals surface area contributed by atoms with Gasteiger partial charge < -0.3 is 0 Å². The van der Waals surface area contributed by atoms with Crippen molar-refractivity contribution in [3.05, 3.63) is 22.8 Å². The van der Waals surface area contributed by atoms with Crippen LogP contribution in [0.4, 0.5) is 0 Å². The summed E-state index contributed by atoms with van der Waals surface area (Å²) in [7, 11) is 18.7. The first-order chi connectivity index (χ1) is 9.12. The zero-order valence-corrected chi connectivity index (χ0v) is 17.8. The Morgan fingerprint density at radius 2 is 1.80 bits per heavy atom. The topological polar surface area (TPSA) is 0 Å². The Kier molecular flexibility index (Phi) is 5.34. The molecule has 2 rings (SSSR count). The molecule has 2 aliphatic carbocycles. The molecule has 1 unspecified atom stereocenters. The van der Waals surface area contributed by atoms with Gasteiger partial charge in [-0.2, -0.15) is 0 Å². The predicted octanol–water partition coefficient (Wildman–Crippen LogP) is 7.32. The quantitative estimate of drug-likeness (QED) is 0.443. The maximum absolute atomic E-state index is 6.63. The molecule has 0 aromatic heterocycles. The summed E-state index contributed by atoms with van der Waals surface area (Å²) in [5, 5.41) is 0. The first kappa shape index (κ1) is 17.6. The molecule has 0 radical (unpaired) electrons. The molecule has 0 heterocycles. The number of halogens is 3. The van der Waals surface area contributed by atoms with E-state index in [-0.39, 0.29) is 3.72 Å². The molecule has 114 valence electrons. The zero-order chi connectivity index (χ0) is 15.2. The second kappa shape index (κ2) is 6.06. The average Bonchev–Trinajstić information content (AvgIpc) is 2.63. The second-order valence-electron chi connectivity index (χ2n) is 7.20. The molecular weight excluding hydrogens is 362 g/mol. The van der Waals surface area contributed by atoms with Gasteiger partial charge in [0.1, 0.15) is 0 Å². The van der Waals surface area contributed by atoms with Crippen molar-refractivity contribution in [1.82, 2.24) is 0 Å². The Morgan fingerprint density at radius 3 is 2.35 bits per heavy atom. The fraction of sp³-hybridized carbons (Fsp3) is 0.733. The first-order valence-electron chi connectivity index (χ1n) is 7.62. The van der Waals surface area contributed by atoms with Crippen LogP contribution in [0.2, 0.25) is 28.9 Å². The molecule has 0 bridgehead atoms. The molecule has 0 N–H and O–H groups in total. The van der Waals surface area contributed by atoms with E-state index in [2.05, 4.69) is 33.0 Å². The van der Waals surface area contributed by atoms with Crippen molar-refractivity contribution in [1.29, 1.82) is 0 Å². The summed E-state index contributed by atoms with van der Waals surface area (Å²) in [6.45, 7) is 9.46. The van der Waals surface area contributed by atoms with E-state index in [1.54, 1.807) is 0 Å². The Labute approximate surface area is 139 Å². The van der Waals surface area contributed by atoms with Crippen molar-refractivity contribution in [2.24, 2.45) is 0 Å². The van der Waals surface area contributed by atoms with E-state index in [4.69, 9.17) is 27.9 Å². The summed E-state index contributed by atoms with van der Waals surface area (Å²) < 4.78 is -0.195. The SMILES string of the molecule is CC[Si](C)(C)CC1=CC2=C(CCCC2)[C]1(C)[Ti]([Cl])([Cl])[Cl]. The normalized spacial score (nSPS) is 27.6. The van der Waals surface area contributed by atoms with E-state index < -0.39 is 21.5 Å². The number of allylic oxidation sites excluding steroid dienone is 4. The van der Waals surface area contributed by atoms with Gasteiger partial charge in [0, 0.05) is 0 Å². The Morgan fingerprint density at radius 1 is 1.20 bits per heavy atom. The molecular formula is C15H25Cl3SiTi. The molecule has 0 spiro atoms. The molecule has 5 heteroatoms. The summed E-state index contributed by atoms with van der Waals surface area (Å²) >= 11 is -3.37. The third-order valence-electron chi connectivity index (χ3n) is 5.30. The maximum atomic E-state index is 6.63. The van der Waals surface area contributed by atoms with Crippen LogP contribution < -0.4 is 0 Å². The third-order valence-corrected chi connectivity index (χ3v) is 16.0. The van der Waals surface area contributed by atoms with E-state index >= 15 is 0 Å². The van der Waals surface area contributed by atoms with Crippen LogP contribution in [-0.2, 0) is 13.4 Å². The fourth-order valence-electron chi connectivity index (χ4n) is 3.43. The molecule has 2 aliphatic rings. The van der Waals surface area contributed by atoms with Gasteiger partial charge in [-0.05, 0) is 0 Å². The van der Waals surface area contributed by atoms with Gasteiger partial charge >= 0.3 is 141 Å². The molecule has 0 aromatic rings. The molecule has 0 saturated heterocycles. The van der Waals surface area contributed by atoms with Crippen molar-refractivity contribution in [2.75, 3.05) is 0 Å². The van der Waals surface area contributed by atoms with Gasteiger partial charge in [0.15, 0.2) is 0 Å². The standard InChI is InChI=1S/C15H25Si.3ClH.Ti/c1-5-16(3,4)11-14-10-13-8-6-7-9-15(13)12(14)2;;;;/h10H,5-9,11H2,1-4H3;3*1H;/q;;;;+3/p-3. The Hall–Kier alpha value is 1.28. The monoisotopic (exact) mass is 386 g/mol. The van der Waals surface area contributed by atoms with Gasteiger partial charge in [-0.15, -0.1) is 0 Å². The molecule has 20 heavy (non-hydrogen) atoms. The van der Waals surface area contributed by atoms with Gasteiger partial charge in [-0.1, -0.05) is 0 Å². The van der Waals surface area contributed by atoms with E-state index in [1.165, 1.54) is 48.1 Å². The number of rotatable bonds is 4. The summed E-state index contributed by atoms with van der Waals surface area (Å²) in [6, 6.07) is 2.48. The van der Waals surface area contributed by atoms with Crippen LogP contribution in [0.1, 0.15) is 39.5 Å². The van der Waals surface area contributed by atoms with Crippen LogP contribution >= 0.6 is 27.9 Å². The summed E-state index contributed by atoms with van der Waals surface area (Å²) in [6.07, 6.45) is 7.30. The number of hydrogen-bond donors (Lipinski definition) is 0. The van der Waals surface area contributed by atoms with E-state index in [1.807, 2.05) is 0 Å². The average molecular weight is 388 g/mol. The summed E-state index contributed by atoms with van der Waals surface area (Å²) in [5.74, 6) is 0. The fourth-order valence-corrected chi connectivity index (χ4v) is 10.2. The molecule has 0 fully saturated rings. The van der Waals surface area contributed by atoms with Crippen LogP contribution in [0.3, 0.4) is 0 Å². The predicted molar refractivity (Wildman–Crippen MR) is 92.3 cm³/mol. The summed E-state index contributed by atoms with van der Waals surface area (Å²) in [4.78, 5) is 0. The van der Waals surface area contributed by atoms with Gasteiger partial charge in [-0.25, -0.2) is 0 Å². The van der Waals surface area contributed by atoms with Crippen LogP contribution in [0, 0.1) is 0 Å². The molecule has 0 saturated carbocycles. The minimum atomic E-state index is -3.37. The Balaban J connectivity index is 2.42. The van der Waals surface area contributed by atoms with Crippen LogP contribution in [0.25, 0.3) is 0 Å². The van der Waals surface area contributed by atoms with Crippen LogP contribution in [0.15, 0.2) is 22.8 Å². The van der Waals surface area contributed by atoms with Gasteiger partial charge in [0.05, 0.1) is 0 Å². The third kappa shape index (κ3) is 3.14. The number of hydrogen-bond acceptors (Lipinski definition) is 0. The van der Waals surface area contributed by atoms with Gasteiger partial charge in [0.25, 0.3) is 0 Å². The van der Waals surface area contributed by atoms with Crippen molar-refractivity contribution in [3.8, 4) is 0 Å². The Bertz CT molecular complexity index is 462. The van der Waals surface area contributed by atoms with Gasteiger partial charge in [-0.3, -0.25) is 0 Å². The van der Waals surface area contributed by atoms with Crippen LogP contribution in [0.5, 0.6) is 0 Å². The molecule has 0 nitrogen and oxygen atoms in total. The van der Waals surface area contributed by atoms with Crippen molar-refractivity contribution in [2.45, 2.75) is 68.4 Å². The van der Waals surface area contributed by atoms with Crippen molar-refractivity contribution < 1.29 is 13.4 Å². The zero-order valence-electron chi connectivity index (χ0n) is 13.0. The van der Waals surface area contributed by atoms with E-state index in [9.17, 15) is 0 Å². The molecule has 0 aromatic carbocycles. The van der Waals surface area contributed by atoms with E-state index in [0.29, 0.717) is 0 Å². The molecule has 1 atom stereocenters. The van der Waals surface area contributed by atoms with Crippen LogP contribution in [-0.4, -0.2) is 8.07 Å². The van der Waals surface area contributed by atoms with Crippen molar-refractivity contribution in [3.63, 3.8) is 0 Å². The second-order valence-corrected chi connectivity index (χ2v) is 25.1.